The molecule has 0 aliphatic rings. The molecule has 0 heterocycles. The molecular weight excluding hydrogens is 1450 g/mol. The molecular formula is C54H73I4N7O12. The number of aliphatic hydroxyl groups excluding tert-OH is 1. The van der Waals surface area contributed by atoms with Gasteiger partial charge in [-0.2, -0.15) is 0 Å². The number of nitrogens with one attached hydrogen (secondary N) is 5. The molecule has 23 heteroatoms. The second kappa shape index (κ2) is 35.6. The van der Waals surface area contributed by atoms with Gasteiger partial charge in [0.05, 0.1) is 32.8 Å². The Kier molecular flexibility index (Phi) is 31.2. The number of carboxylic acid groups (broad SMARTS) is 1. The number of aldehydes is 1. The zero-order valence-electron chi connectivity index (χ0n) is 43.6. The minimum Gasteiger partial charge on any atom is -0.506 e. The highest BCUT2D eigenvalue weighted by Crippen LogP contribution is 2.37. The fraction of sp³-hybridized carbons (Fsp3) is 0.519. The predicted molar refractivity (Wildman–Crippen MR) is 326 cm³/mol. The molecule has 0 spiro atoms. The summed E-state index contributed by atoms with van der Waals surface area (Å²) in [5.41, 5.74) is 12.8. The SMILES string of the molecule is CC(C)C[C@H](NC(=O)[C@@H](NC(=O)CCCCCCCC(CCCCCCC=O)N[C@@H](CC(N)=O)C(=O)N[C@@H](Cc1ccccc1)C(=O)O)[C@H](C)O)C(=O)N[C@@H](Cc1cc(I)c(Oc2cc(I)c(O)c(I)c2)c(I)c1)C(N)=O. The normalized spacial score (nSPS) is 14.0. The summed E-state index contributed by atoms with van der Waals surface area (Å²) in [6, 6.07) is 9.76. The van der Waals surface area contributed by atoms with Crippen molar-refractivity contribution in [1.82, 2.24) is 26.6 Å². The Hall–Kier alpha value is -3.94. The molecule has 424 valence electrons. The predicted octanol–water partition coefficient (Wildman–Crippen LogP) is 6.80. The molecule has 0 saturated carbocycles. The maximum Gasteiger partial charge on any atom is 0.326 e. The van der Waals surface area contributed by atoms with Crippen molar-refractivity contribution >= 4 is 138 Å². The van der Waals surface area contributed by atoms with Gasteiger partial charge in [-0.15, -0.1) is 0 Å². The van der Waals surface area contributed by atoms with Crippen molar-refractivity contribution in [2.24, 2.45) is 17.4 Å². The number of benzene rings is 3. The molecule has 0 aliphatic heterocycles. The van der Waals surface area contributed by atoms with E-state index in [0.29, 0.717) is 56.3 Å². The van der Waals surface area contributed by atoms with Gasteiger partial charge in [-0.25, -0.2) is 4.79 Å². The molecule has 3 aromatic rings. The van der Waals surface area contributed by atoms with E-state index in [9.17, 15) is 53.7 Å². The van der Waals surface area contributed by atoms with E-state index in [1.54, 1.807) is 42.5 Å². The first-order valence-corrected chi connectivity index (χ1v) is 30.1. The highest BCUT2D eigenvalue weighted by molar-refractivity contribution is 14.1. The highest BCUT2D eigenvalue weighted by Gasteiger charge is 2.33. The molecule has 6 amide bonds. The van der Waals surface area contributed by atoms with Gasteiger partial charge in [0.2, 0.25) is 35.4 Å². The van der Waals surface area contributed by atoms with E-state index in [1.807, 2.05) is 71.2 Å². The number of phenolic OH excluding ortho intramolecular Hbond substituents is 1. The van der Waals surface area contributed by atoms with E-state index >= 15 is 0 Å². The summed E-state index contributed by atoms with van der Waals surface area (Å²) in [6.07, 6.45) is 8.06. The topological polar surface area (TPSA) is 319 Å². The molecule has 19 nitrogen and oxygen atoms in total. The Labute approximate surface area is 505 Å². The molecule has 3 rings (SSSR count). The number of hydrogen-bond acceptors (Lipinski definition) is 12. The summed E-state index contributed by atoms with van der Waals surface area (Å²) in [5, 5.41) is 44.6. The molecule has 0 aliphatic carbocycles. The van der Waals surface area contributed by atoms with Crippen LogP contribution >= 0.6 is 90.4 Å². The van der Waals surface area contributed by atoms with Gasteiger partial charge in [0.25, 0.3) is 0 Å². The van der Waals surface area contributed by atoms with Crippen LogP contribution in [0.25, 0.3) is 0 Å². The number of rotatable bonds is 37. The summed E-state index contributed by atoms with van der Waals surface area (Å²) in [4.78, 5) is 102. The van der Waals surface area contributed by atoms with Crippen molar-refractivity contribution in [2.45, 2.75) is 172 Å². The van der Waals surface area contributed by atoms with Gasteiger partial charge in [-0.1, -0.05) is 89.1 Å². The number of primary amides is 2. The van der Waals surface area contributed by atoms with Crippen LogP contribution in [0.15, 0.2) is 54.6 Å². The van der Waals surface area contributed by atoms with Crippen LogP contribution in [0.5, 0.6) is 17.2 Å². The lowest BCUT2D eigenvalue weighted by molar-refractivity contribution is -0.142. The standard InChI is InChI=1S/C54H73I4N7O12/c1-31(2)23-42(51(72)62-41(50(60)71)27-34-24-39(57)49(40(58)25-34)77-36-28-37(55)48(70)38(56)29-36)63-53(74)47(32(3)67)65-46(69)21-15-8-4-6-13-19-35(20-14-7-5-9-16-22-66)61-43(30-45(59)68)52(73)64-44(54(75)76)26-33-17-11-10-12-18-33/h10-12,17-18,22,24-25,28-29,31-32,35,41-44,47,61,67,70H,4-9,13-16,19-21,23,26-27,30H2,1-3H3,(H2,59,68)(H2,60,71)(H,62,72)(H,63,74)(H,64,73)(H,65,69)(H,75,76)/t32-,35?,41-,42-,43-,44-,47-/m0/s1. The van der Waals surface area contributed by atoms with Crippen LogP contribution in [-0.4, -0.2) is 105 Å². The quantitative estimate of drug-likeness (QED) is 0.0162. The number of ether oxygens (including phenoxy) is 1. The van der Waals surface area contributed by atoms with Gasteiger partial charge in [0, 0.05) is 31.7 Å². The van der Waals surface area contributed by atoms with Gasteiger partial charge in [-0.05, 0) is 171 Å². The number of hydrogen-bond donors (Lipinski definition) is 10. The van der Waals surface area contributed by atoms with Gasteiger partial charge in [0.15, 0.2) is 5.75 Å². The fourth-order valence-electron chi connectivity index (χ4n) is 8.42. The third kappa shape index (κ3) is 25.4. The largest absolute Gasteiger partial charge is 0.506 e. The van der Waals surface area contributed by atoms with Crippen LogP contribution < -0.4 is 42.8 Å². The molecule has 0 aromatic heterocycles. The summed E-state index contributed by atoms with van der Waals surface area (Å²) in [6.45, 7) is 5.06. The Bertz CT molecular complexity index is 2410. The maximum absolute atomic E-state index is 13.8. The van der Waals surface area contributed by atoms with Crippen molar-refractivity contribution in [3.63, 3.8) is 0 Å². The second-order valence-electron chi connectivity index (χ2n) is 19.5. The lowest BCUT2D eigenvalue weighted by atomic mass is 9.98. The number of carbonyl (C=O) groups is 8. The van der Waals surface area contributed by atoms with Crippen LogP contribution in [0.2, 0.25) is 0 Å². The smallest absolute Gasteiger partial charge is 0.326 e. The lowest BCUT2D eigenvalue weighted by Gasteiger charge is -2.27. The molecule has 1 unspecified atom stereocenters. The van der Waals surface area contributed by atoms with E-state index in [0.717, 1.165) is 63.9 Å². The van der Waals surface area contributed by atoms with Gasteiger partial charge < -0.3 is 62.9 Å². The average molecular weight is 1520 g/mol. The Balaban J connectivity index is 1.56. The number of aliphatic hydroxyl groups is 1. The number of halogens is 4. The molecule has 12 N–H and O–H groups in total. The third-order valence-electron chi connectivity index (χ3n) is 12.4. The van der Waals surface area contributed by atoms with Crippen LogP contribution in [0, 0.1) is 20.2 Å². The van der Waals surface area contributed by atoms with Crippen molar-refractivity contribution in [3.8, 4) is 17.2 Å². The van der Waals surface area contributed by atoms with E-state index in [1.165, 1.54) is 6.92 Å². The van der Waals surface area contributed by atoms with Gasteiger partial charge in [0.1, 0.15) is 42.0 Å². The Morgan fingerprint density at radius 1 is 0.649 bits per heavy atom. The van der Waals surface area contributed by atoms with Crippen molar-refractivity contribution in [1.29, 1.82) is 0 Å². The van der Waals surface area contributed by atoms with Gasteiger partial charge >= 0.3 is 5.97 Å². The van der Waals surface area contributed by atoms with E-state index in [4.69, 9.17) is 16.2 Å². The monoisotopic (exact) mass is 1520 g/mol. The molecule has 0 saturated heterocycles. The van der Waals surface area contributed by atoms with E-state index in [-0.39, 0.29) is 49.8 Å². The summed E-state index contributed by atoms with van der Waals surface area (Å²) >= 11 is 8.28. The summed E-state index contributed by atoms with van der Waals surface area (Å²) < 4.78 is 8.89. The zero-order chi connectivity index (χ0) is 57.2. The number of carboxylic acids is 1. The number of unbranched alkanes of at least 4 members (excludes halogenated alkanes) is 8. The molecule has 77 heavy (non-hydrogen) atoms. The number of amides is 6. The van der Waals surface area contributed by atoms with Crippen LogP contribution in [0.3, 0.4) is 0 Å². The Morgan fingerprint density at radius 3 is 1.73 bits per heavy atom. The van der Waals surface area contributed by atoms with Crippen molar-refractivity contribution in [3.05, 3.63) is 80.0 Å². The number of aliphatic carboxylic acids is 1. The van der Waals surface area contributed by atoms with Crippen LogP contribution in [0.4, 0.5) is 0 Å². The van der Waals surface area contributed by atoms with Gasteiger partial charge in [-0.3, -0.25) is 28.8 Å². The highest BCUT2D eigenvalue weighted by atomic mass is 127. The summed E-state index contributed by atoms with van der Waals surface area (Å²) in [7, 11) is 0. The Morgan fingerprint density at radius 2 is 1.18 bits per heavy atom. The van der Waals surface area contributed by atoms with Crippen molar-refractivity contribution in [2.75, 3.05) is 0 Å². The molecule has 7 atom stereocenters. The first-order valence-electron chi connectivity index (χ1n) is 25.8. The molecule has 0 radical (unpaired) electrons. The molecule has 0 fully saturated rings. The summed E-state index contributed by atoms with van der Waals surface area (Å²) in [5.74, 6) is -4.11. The molecule has 0 bridgehead atoms. The minimum absolute atomic E-state index is 0.0345. The fourth-order valence-corrected chi connectivity index (χ4v) is 12.2. The zero-order valence-corrected chi connectivity index (χ0v) is 52.2. The number of carbonyl (C=O) groups excluding carboxylic acids is 7. The number of phenols is 1. The number of aromatic hydroxyl groups is 1. The third-order valence-corrected chi connectivity index (χ3v) is 15.7. The van der Waals surface area contributed by atoms with E-state index in [2.05, 4.69) is 71.8 Å². The number of nitrogens with two attached hydrogens (primary N) is 2. The van der Waals surface area contributed by atoms with Crippen LogP contribution in [-0.2, 0) is 51.2 Å². The first kappa shape index (κ1) is 67.3. The minimum atomic E-state index is -1.39. The van der Waals surface area contributed by atoms with Crippen molar-refractivity contribution < 1.29 is 58.4 Å². The first-order chi connectivity index (χ1) is 36.5. The second-order valence-corrected chi connectivity index (χ2v) is 24.2. The maximum atomic E-state index is 13.8. The average Bonchev–Trinajstić information content (AvgIpc) is 3.35. The lowest BCUT2D eigenvalue weighted by Crippen LogP contribution is -2.59. The molecule has 3 aromatic carbocycles. The van der Waals surface area contributed by atoms with Crippen LogP contribution in [0.1, 0.15) is 128 Å². The van der Waals surface area contributed by atoms with E-state index < -0.39 is 77.7 Å².